The van der Waals surface area contributed by atoms with Gasteiger partial charge in [-0.1, -0.05) is 0 Å². The summed E-state index contributed by atoms with van der Waals surface area (Å²) >= 11 is 3.14. The molecule has 0 unspecified atom stereocenters. The fourth-order valence-corrected chi connectivity index (χ4v) is 1.57. The zero-order chi connectivity index (χ0) is 8.77. The molecular formula is C8H7BrO3. The molecule has 0 saturated heterocycles. The predicted octanol–water partition coefficient (Wildman–Crippen LogP) is 2.16. The van der Waals surface area contributed by atoms with Gasteiger partial charge >= 0.3 is 5.97 Å². The Morgan fingerprint density at radius 3 is 2.58 bits per heavy atom. The molecular weight excluding hydrogens is 224 g/mol. The fraction of sp³-hybridized carbons (Fsp3) is 0.375. The third-order valence-electron chi connectivity index (χ3n) is 2.20. The molecule has 0 atom stereocenters. The maximum atomic E-state index is 10.8. The Labute approximate surface area is 77.5 Å². The maximum absolute atomic E-state index is 10.8. The zero-order valence-corrected chi connectivity index (χ0v) is 7.80. The van der Waals surface area contributed by atoms with Crippen molar-refractivity contribution >= 4 is 21.9 Å². The van der Waals surface area contributed by atoms with Crippen molar-refractivity contribution in [2.45, 2.75) is 18.3 Å². The van der Waals surface area contributed by atoms with Crippen molar-refractivity contribution in [3.63, 3.8) is 0 Å². The minimum Gasteiger partial charge on any atom is -0.480 e. The van der Waals surface area contributed by atoms with Gasteiger partial charge in [-0.2, -0.15) is 0 Å². The first-order valence-corrected chi connectivity index (χ1v) is 4.44. The molecule has 0 aliphatic heterocycles. The van der Waals surface area contributed by atoms with Crippen LogP contribution in [0, 0.1) is 0 Å². The van der Waals surface area contributed by atoms with E-state index in [9.17, 15) is 4.79 Å². The second-order valence-corrected chi connectivity index (χ2v) is 3.77. The third kappa shape index (κ3) is 0.982. The Hall–Kier alpha value is -0.770. The Bertz CT molecular complexity index is 325. The van der Waals surface area contributed by atoms with Crippen LogP contribution in [0.3, 0.4) is 0 Å². The number of carboxylic acids is 1. The minimum atomic E-state index is -0.788. The predicted molar refractivity (Wildman–Crippen MR) is 45.0 cm³/mol. The summed E-state index contributed by atoms with van der Waals surface area (Å²) in [6, 6.07) is 3.43. The average Bonchev–Trinajstić information content (AvgIpc) is 2.71. The summed E-state index contributed by atoms with van der Waals surface area (Å²) in [4.78, 5) is 10.8. The van der Waals surface area contributed by atoms with Gasteiger partial charge in [0.1, 0.15) is 11.2 Å². The van der Waals surface area contributed by atoms with E-state index in [1.807, 2.05) is 0 Å². The minimum absolute atomic E-state index is 0.557. The molecule has 64 valence electrons. The molecule has 1 N–H and O–H groups in total. The molecule has 1 aliphatic rings. The van der Waals surface area contributed by atoms with Crippen LogP contribution in [0.25, 0.3) is 0 Å². The summed E-state index contributed by atoms with van der Waals surface area (Å²) < 4.78 is 5.80. The Kier molecular flexibility index (Phi) is 1.54. The van der Waals surface area contributed by atoms with Gasteiger partial charge in [0.05, 0.1) is 0 Å². The number of carboxylic acid groups (broad SMARTS) is 1. The standard InChI is InChI=1S/C8H7BrO3/c9-6-2-1-5(12-6)8(3-4-8)7(10)11/h1-2H,3-4H2,(H,10,11). The molecule has 1 aromatic heterocycles. The molecule has 0 bridgehead atoms. The number of hydrogen-bond acceptors (Lipinski definition) is 2. The van der Waals surface area contributed by atoms with Crippen LogP contribution in [0.1, 0.15) is 18.6 Å². The molecule has 1 aliphatic carbocycles. The van der Waals surface area contributed by atoms with Crippen molar-refractivity contribution in [3.05, 3.63) is 22.6 Å². The monoisotopic (exact) mass is 230 g/mol. The molecule has 0 radical (unpaired) electrons. The highest BCUT2D eigenvalue weighted by atomic mass is 79.9. The average molecular weight is 231 g/mol. The Balaban J connectivity index is 2.36. The van der Waals surface area contributed by atoms with Gasteiger partial charge in [-0.05, 0) is 40.9 Å². The SMILES string of the molecule is O=C(O)C1(c2ccc(Br)o2)CC1. The summed E-state index contributed by atoms with van der Waals surface area (Å²) in [5.74, 6) is -0.230. The van der Waals surface area contributed by atoms with E-state index in [0.717, 1.165) is 0 Å². The highest BCUT2D eigenvalue weighted by Crippen LogP contribution is 2.49. The number of aliphatic carboxylic acids is 1. The van der Waals surface area contributed by atoms with Gasteiger partial charge < -0.3 is 9.52 Å². The smallest absolute Gasteiger partial charge is 0.317 e. The van der Waals surface area contributed by atoms with E-state index in [-0.39, 0.29) is 0 Å². The topological polar surface area (TPSA) is 50.4 Å². The first-order chi connectivity index (χ1) is 5.65. The molecule has 0 spiro atoms. The van der Waals surface area contributed by atoms with Crippen molar-refractivity contribution in [2.75, 3.05) is 0 Å². The van der Waals surface area contributed by atoms with Crippen molar-refractivity contribution in [1.29, 1.82) is 0 Å². The van der Waals surface area contributed by atoms with E-state index in [1.165, 1.54) is 0 Å². The van der Waals surface area contributed by atoms with E-state index in [4.69, 9.17) is 9.52 Å². The Morgan fingerprint density at radius 2 is 2.25 bits per heavy atom. The number of rotatable bonds is 2. The van der Waals surface area contributed by atoms with Crippen LogP contribution in [0.4, 0.5) is 0 Å². The van der Waals surface area contributed by atoms with Crippen LogP contribution in [0.15, 0.2) is 21.2 Å². The van der Waals surface area contributed by atoms with Gasteiger partial charge in [0.2, 0.25) is 0 Å². The molecule has 2 rings (SSSR count). The second kappa shape index (κ2) is 2.36. The number of halogens is 1. The summed E-state index contributed by atoms with van der Waals surface area (Å²) in [7, 11) is 0. The third-order valence-corrected chi connectivity index (χ3v) is 2.63. The first-order valence-electron chi connectivity index (χ1n) is 3.64. The molecule has 1 fully saturated rings. The van der Waals surface area contributed by atoms with Gasteiger partial charge in [-0.3, -0.25) is 4.79 Å². The van der Waals surface area contributed by atoms with Gasteiger partial charge in [-0.25, -0.2) is 0 Å². The van der Waals surface area contributed by atoms with E-state index < -0.39 is 11.4 Å². The van der Waals surface area contributed by atoms with Crippen molar-refractivity contribution in [3.8, 4) is 0 Å². The molecule has 0 aromatic carbocycles. The van der Waals surface area contributed by atoms with E-state index in [2.05, 4.69) is 15.9 Å². The normalized spacial score (nSPS) is 19.1. The van der Waals surface area contributed by atoms with Crippen molar-refractivity contribution in [2.24, 2.45) is 0 Å². The van der Waals surface area contributed by atoms with Gasteiger partial charge in [0, 0.05) is 0 Å². The lowest BCUT2D eigenvalue weighted by Gasteiger charge is -2.03. The van der Waals surface area contributed by atoms with E-state index in [1.54, 1.807) is 12.1 Å². The molecule has 3 nitrogen and oxygen atoms in total. The highest BCUT2D eigenvalue weighted by Gasteiger charge is 2.54. The Morgan fingerprint density at radius 1 is 1.58 bits per heavy atom. The maximum Gasteiger partial charge on any atom is 0.317 e. The lowest BCUT2D eigenvalue weighted by molar-refractivity contribution is -0.140. The van der Waals surface area contributed by atoms with Crippen LogP contribution in [0.2, 0.25) is 0 Å². The molecule has 1 saturated carbocycles. The summed E-state index contributed by atoms with van der Waals surface area (Å²) in [6.07, 6.45) is 1.37. The van der Waals surface area contributed by atoms with Crippen molar-refractivity contribution in [1.82, 2.24) is 0 Å². The van der Waals surface area contributed by atoms with Crippen LogP contribution in [-0.2, 0) is 10.2 Å². The van der Waals surface area contributed by atoms with E-state index in [0.29, 0.717) is 23.3 Å². The van der Waals surface area contributed by atoms with Crippen LogP contribution < -0.4 is 0 Å². The number of carbonyl (C=O) groups is 1. The molecule has 0 amide bonds. The van der Waals surface area contributed by atoms with Crippen LogP contribution in [-0.4, -0.2) is 11.1 Å². The largest absolute Gasteiger partial charge is 0.480 e. The molecule has 1 aromatic rings. The fourth-order valence-electron chi connectivity index (χ4n) is 1.26. The molecule has 12 heavy (non-hydrogen) atoms. The van der Waals surface area contributed by atoms with Crippen LogP contribution >= 0.6 is 15.9 Å². The van der Waals surface area contributed by atoms with Gasteiger partial charge in [-0.15, -0.1) is 0 Å². The first kappa shape index (κ1) is 7.86. The number of furan rings is 1. The zero-order valence-electron chi connectivity index (χ0n) is 6.21. The summed E-state index contributed by atoms with van der Waals surface area (Å²) in [6.45, 7) is 0. The number of hydrogen-bond donors (Lipinski definition) is 1. The quantitative estimate of drug-likeness (QED) is 0.848. The summed E-state index contributed by atoms with van der Waals surface area (Å²) in [5, 5.41) is 8.89. The van der Waals surface area contributed by atoms with Gasteiger partial charge in [0.25, 0.3) is 0 Å². The highest BCUT2D eigenvalue weighted by molar-refractivity contribution is 9.10. The van der Waals surface area contributed by atoms with Gasteiger partial charge in [0.15, 0.2) is 4.67 Å². The second-order valence-electron chi connectivity index (χ2n) is 2.99. The lowest BCUT2D eigenvalue weighted by Crippen LogP contribution is -2.18. The molecule has 1 heterocycles. The lowest BCUT2D eigenvalue weighted by atomic mass is 10.1. The van der Waals surface area contributed by atoms with Crippen molar-refractivity contribution < 1.29 is 14.3 Å². The van der Waals surface area contributed by atoms with Crippen LogP contribution in [0.5, 0.6) is 0 Å². The van der Waals surface area contributed by atoms with E-state index >= 15 is 0 Å². The summed E-state index contributed by atoms with van der Waals surface area (Å²) in [5.41, 5.74) is -0.716. The molecule has 4 heteroatoms.